The van der Waals surface area contributed by atoms with Gasteiger partial charge in [0.25, 0.3) is 0 Å². The lowest BCUT2D eigenvalue weighted by molar-refractivity contribution is -0.131. The van der Waals surface area contributed by atoms with E-state index in [1.54, 1.807) is 24.3 Å². The van der Waals surface area contributed by atoms with Crippen molar-refractivity contribution >= 4 is 18.4 Å². The molecule has 0 unspecified atom stereocenters. The molecule has 0 aromatic heterocycles. The molecule has 0 bridgehead atoms. The maximum atomic E-state index is 12.2. The predicted molar refractivity (Wildman–Crippen MR) is 57.9 cm³/mol. The van der Waals surface area contributed by atoms with E-state index in [-0.39, 0.29) is 18.4 Å². The van der Waals surface area contributed by atoms with Gasteiger partial charge in [-0.15, -0.1) is 12.4 Å². The van der Waals surface area contributed by atoms with E-state index in [1.807, 2.05) is 0 Å². The van der Waals surface area contributed by atoms with E-state index in [1.165, 1.54) is 6.92 Å². The highest BCUT2D eigenvalue weighted by Gasteiger charge is 2.05. The number of benzene rings is 1. The zero-order valence-corrected chi connectivity index (χ0v) is 9.09. The second-order valence-electron chi connectivity index (χ2n) is 2.92. The van der Waals surface area contributed by atoms with Crippen LogP contribution in [0, 0.1) is 0 Å². The molecule has 0 radical (unpaired) electrons. The third kappa shape index (κ3) is 4.27. The van der Waals surface area contributed by atoms with Gasteiger partial charge in [-0.1, -0.05) is 12.1 Å². The summed E-state index contributed by atoms with van der Waals surface area (Å²) in [7, 11) is 0. The first-order valence-corrected chi connectivity index (χ1v) is 4.23. The molecule has 0 saturated heterocycles. The SMILES string of the molecule is CC(=O)Oc1ccc([C@H](N)CF)cc1.Cl. The summed E-state index contributed by atoms with van der Waals surface area (Å²) in [5.41, 5.74) is 6.15. The van der Waals surface area contributed by atoms with Gasteiger partial charge in [-0.2, -0.15) is 0 Å². The van der Waals surface area contributed by atoms with E-state index in [4.69, 9.17) is 10.5 Å². The van der Waals surface area contributed by atoms with E-state index < -0.39 is 12.7 Å². The normalized spacial score (nSPS) is 11.4. The van der Waals surface area contributed by atoms with E-state index >= 15 is 0 Å². The summed E-state index contributed by atoms with van der Waals surface area (Å²) in [6.45, 7) is 0.716. The van der Waals surface area contributed by atoms with Crippen molar-refractivity contribution in [1.29, 1.82) is 0 Å². The van der Waals surface area contributed by atoms with Gasteiger partial charge < -0.3 is 10.5 Å². The number of halogens is 2. The summed E-state index contributed by atoms with van der Waals surface area (Å²) >= 11 is 0. The van der Waals surface area contributed by atoms with Crippen molar-refractivity contribution in [3.05, 3.63) is 29.8 Å². The smallest absolute Gasteiger partial charge is 0.308 e. The molecule has 3 nitrogen and oxygen atoms in total. The van der Waals surface area contributed by atoms with Crippen molar-refractivity contribution in [3.63, 3.8) is 0 Å². The average molecular weight is 234 g/mol. The molecule has 0 amide bonds. The minimum Gasteiger partial charge on any atom is -0.427 e. The molecule has 0 aliphatic rings. The highest BCUT2D eigenvalue weighted by atomic mass is 35.5. The molecule has 0 spiro atoms. The Morgan fingerprint density at radius 3 is 2.40 bits per heavy atom. The van der Waals surface area contributed by atoms with Crippen LogP contribution < -0.4 is 10.5 Å². The molecule has 1 rings (SSSR count). The second-order valence-corrected chi connectivity index (χ2v) is 2.92. The molecular weight excluding hydrogens is 221 g/mol. The molecule has 0 aliphatic carbocycles. The van der Waals surface area contributed by atoms with Crippen molar-refractivity contribution < 1.29 is 13.9 Å². The summed E-state index contributed by atoms with van der Waals surface area (Å²) in [6, 6.07) is 5.85. The lowest BCUT2D eigenvalue weighted by Gasteiger charge is -2.07. The van der Waals surface area contributed by atoms with E-state index in [0.717, 1.165) is 0 Å². The maximum absolute atomic E-state index is 12.2. The molecule has 5 heteroatoms. The van der Waals surface area contributed by atoms with Gasteiger partial charge in [-0.25, -0.2) is 4.39 Å². The lowest BCUT2D eigenvalue weighted by Crippen LogP contribution is -2.11. The minimum absolute atomic E-state index is 0. The fourth-order valence-electron chi connectivity index (χ4n) is 1.04. The van der Waals surface area contributed by atoms with Crippen LogP contribution in [-0.4, -0.2) is 12.6 Å². The van der Waals surface area contributed by atoms with Gasteiger partial charge in [0.2, 0.25) is 0 Å². The zero-order chi connectivity index (χ0) is 10.6. The fourth-order valence-corrected chi connectivity index (χ4v) is 1.04. The van der Waals surface area contributed by atoms with E-state index in [9.17, 15) is 9.18 Å². The summed E-state index contributed by atoms with van der Waals surface area (Å²) < 4.78 is 17.0. The molecular formula is C10H13ClFNO2. The average Bonchev–Trinajstić information content (AvgIpc) is 2.17. The molecule has 0 aliphatic heterocycles. The number of hydrogen-bond donors (Lipinski definition) is 1. The summed E-state index contributed by atoms with van der Waals surface area (Å²) in [6.07, 6.45) is 0. The third-order valence-electron chi connectivity index (χ3n) is 1.74. The Bertz CT molecular complexity index is 316. The monoisotopic (exact) mass is 233 g/mol. The van der Waals surface area contributed by atoms with Crippen LogP contribution in [0.25, 0.3) is 0 Å². The molecule has 1 aromatic rings. The number of esters is 1. The summed E-state index contributed by atoms with van der Waals surface area (Å²) in [5.74, 6) is 0.0554. The molecule has 2 N–H and O–H groups in total. The number of alkyl halides is 1. The number of ether oxygens (including phenoxy) is 1. The molecule has 1 atom stereocenters. The maximum Gasteiger partial charge on any atom is 0.308 e. The van der Waals surface area contributed by atoms with Gasteiger partial charge >= 0.3 is 5.97 Å². The van der Waals surface area contributed by atoms with Gasteiger partial charge in [0.15, 0.2) is 0 Å². The van der Waals surface area contributed by atoms with Crippen LogP contribution in [0.4, 0.5) is 4.39 Å². The van der Waals surface area contributed by atoms with Crippen LogP contribution in [0.1, 0.15) is 18.5 Å². The molecule has 0 saturated carbocycles. The number of hydrogen-bond acceptors (Lipinski definition) is 3. The Balaban J connectivity index is 0.00000196. The summed E-state index contributed by atoms with van der Waals surface area (Å²) in [5, 5.41) is 0. The van der Waals surface area contributed by atoms with Gasteiger partial charge in [-0.3, -0.25) is 4.79 Å². The third-order valence-corrected chi connectivity index (χ3v) is 1.74. The number of carbonyl (C=O) groups excluding carboxylic acids is 1. The van der Waals surface area contributed by atoms with Crippen LogP contribution in [0.5, 0.6) is 5.75 Å². The van der Waals surface area contributed by atoms with Gasteiger partial charge in [0.05, 0.1) is 6.04 Å². The Morgan fingerprint density at radius 1 is 1.47 bits per heavy atom. The summed E-state index contributed by atoms with van der Waals surface area (Å²) in [4.78, 5) is 10.6. The highest BCUT2D eigenvalue weighted by molar-refractivity contribution is 5.85. The van der Waals surface area contributed by atoms with Crippen LogP contribution >= 0.6 is 12.4 Å². The van der Waals surface area contributed by atoms with Crippen molar-refractivity contribution in [2.24, 2.45) is 5.73 Å². The van der Waals surface area contributed by atoms with Gasteiger partial charge in [-0.05, 0) is 17.7 Å². The van der Waals surface area contributed by atoms with Crippen LogP contribution in [0.2, 0.25) is 0 Å². The van der Waals surface area contributed by atoms with E-state index in [0.29, 0.717) is 11.3 Å². The number of carbonyl (C=O) groups is 1. The van der Waals surface area contributed by atoms with Crippen LogP contribution in [0.3, 0.4) is 0 Å². The Hall–Kier alpha value is -1.13. The lowest BCUT2D eigenvalue weighted by atomic mass is 10.1. The Morgan fingerprint density at radius 2 is 2.00 bits per heavy atom. The molecule has 15 heavy (non-hydrogen) atoms. The first-order valence-electron chi connectivity index (χ1n) is 4.23. The minimum atomic E-state index is -0.610. The van der Waals surface area contributed by atoms with Crippen molar-refractivity contribution in [2.75, 3.05) is 6.67 Å². The Labute approximate surface area is 93.8 Å². The topological polar surface area (TPSA) is 52.3 Å². The fraction of sp³-hybridized carbons (Fsp3) is 0.300. The van der Waals surface area contributed by atoms with Gasteiger partial charge in [0.1, 0.15) is 12.4 Å². The van der Waals surface area contributed by atoms with Crippen molar-refractivity contribution in [2.45, 2.75) is 13.0 Å². The Kier molecular flexibility index (Phi) is 5.89. The standard InChI is InChI=1S/C10H12FNO2.ClH/c1-7(13)14-9-4-2-8(3-5-9)10(12)6-11;/h2-5,10H,6,12H2,1H3;1H/t10-;/m1./s1. The quantitative estimate of drug-likeness (QED) is 0.642. The van der Waals surface area contributed by atoms with Crippen molar-refractivity contribution in [3.8, 4) is 5.75 Å². The van der Waals surface area contributed by atoms with Crippen LogP contribution in [-0.2, 0) is 4.79 Å². The van der Waals surface area contributed by atoms with Crippen LogP contribution in [0.15, 0.2) is 24.3 Å². The number of nitrogens with two attached hydrogens (primary N) is 1. The van der Waals surface area contributed by atoms with E-state index in [2.05, 4.69) is 0 Å². The first-order chi connectivity index (χ1) is 6.63. The molecule has 1 aromatic carbocycles. The zero-order valence-electron chi connectivity index (χ0n) is 8.27. The van der Waals surface area contributed by atoms with Gasteiger partial charge in [0, 0.05) is 6.92 Å². The van der Waals surface area contributed by atoms with Crippen molar-refractivity contribution in [1.82, 2.24) is 0 Å². The predicted octanol–water partition coefficient (Wildman–Crippen LogP) is 2.00. The first kappa shape index (κ1) is 13.9. The second kappa shape index (κ2) is 6.37. The molecule has 84 valence electrons. The largest absolute Gasteiger partial charge is 0.427 e. The molecule has 0 heterocycles. The highest BCUT2D eigenvalue weighted by Crippen LogP contribution is 2.16. The number of rotatable bonds is 3. The molecule has 0 fully saturated rings.